The highest BCUT2D eigenvalue weighted by molar-refractivity contribution is 5.94. The number of carbonyl (C=O) groups is 1. The van der Waals surface area contributed by atoms with Gasteiger partial charge in [0.15, 0.2) is 11.5 Å². The second-order valence-corrected chi connectivity index (χ2v) is 4.74. The standard InChI is InChI=1S/C15H22N2O3/c1-4-17(5-2)11(3)15(18)16-12-6-7-13-14(10-12)20-9-8-19-13/h6-7,10-11H,4-5,8-9H2,1-3H3,(H,16,18). The van der Waals surface area contributed by atoms with Crippen molar-refractivity contribution >= 4 is 11.6 Å². The molecule has 0 fully saturated rings. The number of rotatable bonds is 5. The predicted molar refractivity (Wildman–Crippen MR) is 78.4 cm³/mol. The summed E-state index contributed by atoms with van der Waals surface area (Å²) in [7, 11) is 0. The van der Waals surface area contributed by atoms with Gasteiger partial charge in [-0.15, -0.1) is 0 Å². The van der Waals surface area contributed by atoms with E-state index >= 15 is 0 Å². The van der Waals surface area contributed by atoms with Crippen molar-refractivity contribution in [2.75, 3.05) is 31.6 Å². The van der Waals surface area contributed by atoms with Crippen LogP contribution in [-0.2, 0) is 4.79 Å². The van der Waals surface area contributed by atoms with Gasteiger partial charge < -0.3 is 14.8 Å². The van der Waals surface area contributed by atoms with Crippen LogP contribution in [0.2, 0.25) is 0 Å². The van der Waals surface area contributed by atoms with Crippen LogP contribution in [0.3, 0.4) is 0 Å². The summed E-state index contributed by atoms with van der Waals surface area (Å²) in [6.07, 6.45) is 0. The number of anilines is 1. The van der Waals surface area contributed by atoms with Crippen LogP contribution in [0.15, 0.2) is 18.2 Å². The molecule has 1 aromatic rings. The lowest BCUT2D eigenvalue weighted by Crippen LogP contribution is -2.41. The first-order valence-corrected chi connectivity index (χ1v) is 7.10. The van der Waals surface area contributed by atoms with Gasteiger partial charge in [0.2, 0.25) is 5.91 Å². The van der Waals surface area contributed by atoms with Gasteiger partial charge in [0, 0.05) is 11.8 Å². The van der Waals surface area contributed by atoms with Crippen molar-refractivity contribution in [2.45, 2.75) is 26.8 Å². The van der Waals surface area contributed by atoms with E-state index in [4.69, 9.17) is 9.47 Å². The topological polar surface area (TPSA) is 50.8 Å². The number of benzene rings is 1. The number of carbonyl (C=O) groups excluding carboxylic acids is 1. The van der Waals surface area contributed by atoms with Crippen molar-refractivity contribution in [1.29, 1.82) is 0 Å². The Morgan fingerprint density at radius 2 is 1.90 bits per heavy atom. The minimum Gasteiger partial charge on any atom is -0.486 e. The second-order valence-electron chi connectivity index (χ2n) is 4.74. The summed E-state index contributed by atoms with van der Waals surface area (Å²) < 4.78 is 11.0. The largest absolute Gasteiger partial charge is 0.486 e. The molecule has 1 unspecified atom stereocenters. The Bertz CT molecular complexity index is 472. The van der Waals surface area contributed by atoms with E-state index in [2.05, 4.69) is 24.1 Å². The third-order valence-electron chi connectivity index (χ3n) is 3.55. The van der Waals surface area contributed by atoms with Crippen LogP contribution in [0, 0.1) is 0 Å². The van der Waals surface area contributed by atoms with E-state index in [0.29, 0.717) is 19.0 Å². The monoisotopic (exact) mass is 278 g/mol. The first-order valence-electron chi connectivity index (χ1n) is 7.10. The molecule has 0 aliphatic carbocycles. The minimum absolute atomic E-state index is 0.00891. The van der Waals surface area contributed by atoms with Gasteiger partial charge in [-0.3, -0.25) is 9.69 Å². The lowest BCUT2D eigenvalue weighted by atomic mass is 10.2. The molecular weight excluding hydrogens is 256 g/mol. The zero-order valence-electron chi connectivity index (χ0n) is 12.3. The van der Waals surface area contributed by atoms with E-state index in [1.165, 1.54) is 0 Å². The lowest BCUT2D eigenvalue weighted by Gasteiger charge is -2.25. The van der Waals surface area contributed by atoms with Crippen molar-refractivity contribution in [3.05, 3.63) is 18.2 Å². The van der Waals surface area contributed by atoms with Gasteiger partial charge in [0.1, 0.15) is 13.2 Å². The molecule has 1 heterocycles. The van der Waals surface area contributed by atoms with Crippen LogP contribution < -0.4 is 14.8 Å². The fourth-order valence-electron chi connectivity index (χ4n) is 2.30. The highest BCUT2D eigenvalue weighted by Crippen LogP contribution is 2.32. The molecule has 0 radical (unpaired) electrons. The molecule has 5 nitrogen and oxygen atoms in total. The van der Waals surface area contributed by atoms with E-state index in [9.17, 15) is 4.79 Å². The summed E-state index contributed by atoms with van der Waals surface area (Å²) in [4.78, 5) is 14.3. The molecular formula is C15H22N2O3. The van der Waals surface area contributed by atoms with Crippen molar-refractivity contribution in [3.63, 3.8) is 0 Å². The zero-order valence-corrected chi connectivity index (χ0v) is 12.3. The van der Waals surface area contributed by atoms with Crippen molar-refractivity contribution in [2.24, 2.45) is 0 Å². The van der Waals surface area contributed by atoms with Crippen LogP contribution >= 0.6 is 0 Å². The highest BCUT2D eigenvalue weighted by atomic mass is 16.6. The van der Waals surface area contributed by atoms with Gasteiger partial charge in [-0.2, -0.15) is 0 Å². The highest BCUT2D eigenvalue weighted by Gasteiger charge is 2.19. The lowest BCUT2D eigenvalue weighted by molar-refractivity contribution is -0.120. The Morgan fingerprint density at radius 1 is 1.25 bits per heavy atom. The van der Waals surface area contributed by atoms with Crippen molar-refractivity contribution in [3.8, 4) is 11.5 Å². The quantitative estimate of drug-likeness (QED) is 0.896. The van der Waals surface area contributed by atoms with E-state index in [1.807, 2.05) is 19.1 Å². The molecule has 1 amide bonds. The second kappa shape index (κ2) is 6.61. The molecule has 20 heavy (non-hydrogen) atoms. The summed E-state index contributed by atoms with van der Waals surface area (Å²) in [5.41, 5.74) is 0.734. The molecule has 110 valence electrons. The first kappa shape index (κ1) is 14.7. The first-order chi connectivity index (χ1) is 9.65. The van der Waals surface area contributed by atoms with Gasteiger partial charge in [-0.25, -0.2) is 0 Å². The predicted octanol–water partition coefficient (Wildman–Crippen LogP) is 2.13. The Labute approximate surface area is 119 Å². The number of amides is 1. The van der Waals surface area contributed by atoms with Gasteiger partial charge in [-0.1, -0.05) is 13.8 Å². The van der Waals surface area contributed by atoms with Crippen LogP contribution in [0.4, 0.5) is 5.69 Å². The number of nitrogens with one attached hydrogen (secondary N) is 1. The number of hydrogen-bond donors (Lipinski definition) is 1. The fraction of sp³-hybridized carbons (Fsp3) is 0.533. The molecule has 1 N–H and O–H groups in total. The Morgan fingerprint density at radius 3 is 2.55 bits per heavy atom. The van der Waals surface area contributed by atoms with Gasteiger partial charge in [-0.05, 0) is 32.1 Å². The fourth-order valence-corrected chi connectivity index (χ4v) is 2.30. The molecule has 0 saturated heterocycles. The van der Waals surface area contributed by atoms with Crippen LogP contribution in [0.5, 0.6) is 11.5 Å². The van der Waals surface area contributed by atoms with Crippen molar-refractivity contribution in [1.82, 2.24) is 4.90 Å². The normalized spacial score (nSPS) is 15.0. The summed E-state index contributed by atoms with van der Waals surface area (Å²) in [5, 5.41) is 2.92. The number of ether oxygens (including phenoxy) is 2. The van der Waals surface area contributed by atoms with Gasteiger partial charge in [0.05, 0.1) is 6.04 Å². The summed E-state index contributed by atoms with van der Waals surface area (Å²) in [6.45, 7) is 8.84. The molecule has 2 rings (SSSR count). The molecule has 1 atom stereocenters. The third-order valence-corrected chi connectivity index (χ3v) is 3.55. The Kier molecular flexibility index (Phi) is 4.84. The van der Waals surface area contributed by atoms with Crippen LogP contribution in [-0.4, -0.2) is 43.2 Å². The maximum absolute atomic E-state index is 12.2. The van der Waals surface area contributed by atoms with E-state index in [-0.39, 0.29) is 11.9 Å². The van der Waals surface area contributed by atoms with Crippen molar-refractivity contribution < 1.29 is 14.3 Å². The van der Waals surface area contributed by atoms with E-state index in [0.717, 1.165) is 24.5 Å². The molecule has 0 spiro atoms. The van der Waals surface area contributed by atoms with Crippen LogP contribution in [0.1, 0.15) is 20.8 Å². The molecule has 0 bridgehead atoms. The van der Waals surface area contributed by atoms with Gasteiger partial charge in [0.25, 0.3) is 0 Å². The molecule has 1 aromatic carbocycles. The minimum atomic E-state index is -0.154. The average molecular weight is 278 g/mol. The Balaban J connectivity index is 2.04. The summed E-state index contributed by atoms with van der Waals surface area (Å²) >= 11 is 0. The number of nitrogens with zero attached hydrogens (tertiary/aromatic N) is 1. The smallest absolute Gasteiger partial charge is 0.241 e. The van der Waals surface area contributed by atoms with E-state index in [1.54, 1.807) is 6.07 Å². The average Bonchev–Trinajstić information content (AvgIpc) is 2.48. The SMILES string of the molecule is CCN(CC)C(C)C(=O)Nc1ccc2c(c1)OCCO2. The maximum Gasteiger partial charge on any atom is 0.241 e. The van der Waals surface area contributed by atoms with Gasteiger partial charge >= 0.3 is 0 Å². The van der Waals surface area contributed by atoms with Crippen LogP contribution in [0.25, 0.3) is 0 Å². The molecule has 1 aliphatic rings. The summed E-state index contributed by atoms with van der Waals surface area (Å²) in [5.74, 6) is 1.40. The molecule has 0 saturated carbocycles. The number of fused-ring (bicyclic) bond motifs is 1. The third kappa shape index (κ3) is 3.22. The number of likely N-dealkylation sites (N-methyl/N-ethyl adjacent to an activating group) is 1. The summed E-state index contributed by atoms with van der Waals surface area (Å²) in [6, 6.07) is 5.31. The number of hydrogen-bond acceptors (Lipinski definition) is 4. The Hall–Kier alpha value is -1.75. The molecule has 0 aromatic heterocycles. The zero-order chi connectivity index (χ0) is 14.5. The van der Waals surface area contributed by atoms with E-state index < -0.39 is 0 Å². The molecule has 5 heteroatoms. The maximum atomic E-state index is 12.2. The molecule has 1 aliphatic heterocycles.